The zero-order chi connectivity index (χ0) is 21.8. The third-order valence-electron chi connectivity index (χ3n) is 4.43. The quantitative estimate of drug-likeness (QED) is 0.470. The van der Waals surface area contributed by atoms with Crippen LogP contribution >= 0.6 is 11.6 Å². The molecule has 2 aromatic heterocycles. The molecular formula is C21H18ClFN6O2. The molecule has 0 bridgehead atoms. The number of carbonyl (C=O) groups excluding carboxylic acids is 1. The zero-order valence-corrected chi connectivity index (χ0v) is 17.3. The van der Waals surface area contributed by atoms with Crippen LogP contribution in [0, 0.1) is 12.7 Å². The van der Waals surface area contributed by atoms with Gasteiger partial charge in [-0.25, -0.2) is 18.7 Å². The van der Waals surface area contributed by atoms with Gasteiger partial charge in [-0.2, -0.15) is 5.10 Å². The van der Waals surface area contributed by atoms with E-state index in [2.05, 4.69) is 20.5 Å². The molecule has 158 valence electrons. The second-order valence-corrected chi connectivity index (χ2v) is 7.14. The highest BCUT2D eigenvalue weighted by Gasteiger charge is 2.13. The number of carbonyl (C=O) groups is 1. The van der Waals surface area contributed by atoms with E-state index in [1.165, 1.54) is 27.8 Å². The number of anilines is 1. The third-order valence-corrected chi connectivity index (χ3v) is 4.78. The molecule has 10 heteroatoms. The number of nitrogens with zero attached hydrogens (tertiary/aromatic N) is 5. The van der Waals surface area contributed by atoms with Gasteiger partial charge in [0.15, 0.2) is 12.4 Å². The Morgan fingerprint density at radius 3 is 2.81 bits per heavy atom. The summed E-state index contributed by atoms with van der Waals surface area (Å²) in [4.78, 5) is 16.5. The minimum atomic E-state index is -0.452. The fourth-order valence-corrected chi connectivity index (χ4v) is 3.05. The number of amides is 1. The molecule has 0 fully saturated rings. The van der Waals surface area contributed by atoms with Gasteiger partial charge >= 0.3 is 0 Å². The molecular weight excluding hydrogens is 423 g/mol. The molecule has 0 aliphatic rings. The van der Waals surface area contributed by atoms with Crippen molar-refractivity contribution in [2.24, 2.45) is 0 Å². The number of aromatic nitrogens is 5. The predicted octanol–water partition coefficient (Wildman–Crippen LogP) is 3.91. The summed E-state index contributed by atoms with van der Waals surface area (Å²) >= 11 is 6.03. The summed E-state index contributed by atoms with van der Waals surface area (Å²) in [5, 5.41) is 11.3. The number of ether oxygens (including phenoxy) is 1. The summed E-state index contributed by atoms with van der Waals surface area (Å²) < 4.78 is 21.9. The maximum atomic E-state index is 13.2. The first-order chi connectivity index (χ1) is 15.0. The van der Waals surface area contributed by atoms with Crippen LogP contribution in [0.25, 0.3) is 0 Å². The number of hydrogen-bond donors (Lipinski definition) is 1. The highest BCUT2D eigenvalue weighted by molar-refractivity contribution is 6.31. The highest BCUT2D eigenvalue weighted by Crippen LogP contribution is 2.18. The number of halogens is 2. The minimum Gasteiger partial charge on any atom is -0.471 e. The van der Waals surface area contributed by atoms with Gasteiger partial charge in [0.2, 0.25) is 5.95 Å². The second kappa shape index (κ2) is 8.97. The number of benzene rings is 2. The van der Waals surface area contributed by atoms with E-state index in [1.807, 2.05) is 31.2 Å². The van der Waals surface area contributed by atoms with Crippen LogP contribution in [0.5, 0.6) is 5.75 Å². The van der Waals surface area contributed by atoms with E-state index in [9.17, 15) is 9.18 Å². The van der Waals surface area contributed by atoms with Crippen LogP contribution in [-0.4, -0.2) is 30.5 Å². The topological polar surface area (TPSA) is 86.9 Å². The molecule has 0 unspecified atom stereocenters. The minimum absolute atomic E-state index is 0.119. The van der Waals surface area contributed by atoms with Crippen molar-refractivity contribution in [1.82, 2.24) is 24.5 Å². The molecule has 0 aliphatic heterocycles. The summed E-state index contributed by atoms with van der Waals surface area (Å²) in [6.07, 6.45) is 3.10. The second-order valence-electron chi connectivity index (χ2n) is 6.73. The lowest BCUT2D eigenvalue weighted by atomic mass is 10.2. The van der Waals surface area contributed by atoms with Crippen molar-refractivity contribution < 1.29 is 13.9 Å². The molecule has 8 nitrogen and oxygen atoms in total. The van der Waals surface area contributed by atoms with Gasteiger partial charge in [-0.05, 0) is 42.3 Å². The Bertz CT molecular complexity index is 1220. The first kappa shape index (κ1) is 20.5. The summed E-state index contributed by atoms with van der Waals surface area (Å²) in [5.74, 6) is 0.00480. The lowest BCUT2D eigenvalue weighted by Gasteiger charge is -2.08. The fraction of sp³-hybridized carbons (Fsp3) is 0.143. The Kier molecular flexibility index (Phi) is 5.94. The van der Waals surface area contributed by atoms with Crippen LogP contribution < -0.4 is 10.1 Å². The van der Waals surface area contributed by atoms with E-state index in [1.54, 1.807) is 18.3 Å². The number of nitrogens with one attached hydrogen (secondary N) is 1. The summed E-state index contributed by atoms with van der Waals surface area (Å²) in [7, 11) is 0. The van der Waals surface area contributed by atoms with E-state index in [0.717, 1.165) is 11.3 Å². The summed E-state index contributed by atoms with van der Waals surface area (Å²) in [6.45, 7) is 2.41. The Morgan fingerprint density at radius 1 is 1.16 bits per heavy atom. The van der Waals surface area contributed by atoms with Crippen molar-refractivity contribution in [3.63, 3.8) is 0 Å². The van der Waals surface area contributed by atoms with Gasteiger partial charge in [0.1, 0.15) is 17.9 Å². The van der Waals surface area contributed by atoms with Gasteiger partial charge in [-0.3, -0.25) is 10.1 Å². The molecule has 0 spiro atoms. The van der Waals surface area contributed by atoms with E-state index in [4.69, 9.17) is 16.3 Å². The predicted molar refractivity (Wildman–Crippen MR) is 113 cm³/mol. The zero-order valence-electron chi connectivity index (χ0n) is 16.5. The average Bonchev–Trinajstić information content (AvgIpc) is 3.39. The molecule has 0 aliphatic carbocycles. The molecule has 2 aromatic carbocycles. The van der Waals surface area contributed by atoms with Gasteiger partial charge in [0.25, 0.3) is 5.91 Å². The van der Waals surface area contributed by atoms with Gasteiger partial charge < -0.3 is 4.74 Å². The van der Waals surface area contributed by atoms with E-state index in [0.29, 0.717) is 10.6 Å². The molecule has 0 saturated heterocycles. The highest BCUT2D eigenvalue weighted by atomic mass is 35.5. The van der Waals surface area contributed by atoms with Crippen LogP contribution in [0.3, 0.4) is 0 Å². The van der Waals surface area contributed by atoms with Crippen molar-refractivity contribution in [1.29, 1.82) is 0 Å². The smallest absolute Gasteiger partial charge is 0.278 e. The number of hydrogen-bond acceptors (Lipinski definition) is 5. The first-order valence-electron chi connectivity index (χ1n) is 9.34. The van der Waals surface area contributed by atoms with Gasteiger partial charge in [0.05, 0.1) is 6.54 Å². The number of rotatable bonds is 7. The summed E-state index contributed by atoms with van der Waals surface area (Å²) in [5.41, 5.74) is 1.89. The molecule has 1 amide bonds. The van der Waals surface area contributed by atoms with Crippen molar-refractivity contribution in [3.8, 4) is 5.75 Å². The van der Waals surface area contributed by atoms with Crippen LogP contribution in [0.15, 0.2) is 61.1 Å². The third kappa shape index (κ3) is 5.07. The van der Waals surface area contributed by atoms with E-state index in [-0.39, 0.29) is 24.9 Å². The molecule has 0 atom stereocenters. The average molecular weight is 441 g/mol. The van der Waals surface area contributed by atoms with Crippen molar-refractivity contribution in [2.75, 3.05) is 5.32 Å². The Morgan fingerprint density at radius 2 is 2.00 bits per heavy atom. The normalized spacial score (nSPS) is 10.8. The SMILES string of the molecule is Cc1ccccc1OCn1ccc(C(=O)Nc2ncn(Cc3ccc(F)cc3Cl)n2)n1. The molecule has 0 radical (unpaired) electrons. The Hall–Kier alpha value is -3.72. The van der Waals surface area contributed by atoms with Crippen LogP contribution in [0.1, 0.15) is 21.6 Å². The van der Waals surface area contributed by atoms with Crippen molar-refractivity contribution >= 4 is 23.5 Å². The summed E-state index contributed by atoms with van der Waals surface area (Å²) in [6, 6.07) is 13.3. The molecule has 2 heterocycles. The number of aryl methyl sites for hydroxylation is 1. The fourth-order valence-electron chi connectivity index (χ4n) is 2.83. The first-order valence-corrected chi connectivity index (χ1v) is 9.72. The van der Waals surface area contributed by atoms with Crippen LogP contribution in [-0.2, 0) is 13.3 Å². The molecule has 0 saturated carbocycles. The standard InChI is InChI=1S/C21H18ClFN6O2/c1-14-4-2-3-5-19(14)31-13-28-9-8-18(26-28)20(30)25-21-24-12-29(27-21)11-15-6-7-16(23)10-17(15)22/h2-10,12H,11,13H2,1H3,(H,25,27,30). The van der Waals surface area contributed by atoms with E-state index >= 15 is 0 Å². The molecule has 4 rings (SSSR count). The molecule has 4 aromatic rings. The van der Waals surface area contributed by atoms with Gasteiger partial charge in [0, 0.05) is 11.2 Å². The van der Waals surface area contributed by atoms with Crippen LogP contribution in [0.2, 0.25) is 5.02 Å². The monoisotopic (exact) mass is 440 g/mol. The maximum Gasteiger partial charge on any atom is 0.278 e. The Labute approximate surface area is 182 Å². The lowest BCUT2D eigenvalue weighted by molar-refractivity contribution is 0.101. The van der Waals surface area contributed by atoms with E-state index < -0.39 is 11.7 Å². The molecule has 1 N–H and O–H groups in total. The van der Waals surface area contributed by atoms with Crippen molar-refractivity contribution in [2.45, 2.75) is 20.2 Å². The Balaban J connectivity index is 1.35. The largest absolute Gasteiger partial charge is 0.471 e. The van der Waals surface area contributed by atoms with Crippen LogP contribution in [0.4, 0.5) is 10.3 Å². The van der Waals surface area contributed by atoms with Gasteiger partial charge in [-0.1, -0.05) is 35.9 Å². The molecule has 31 heavy (non-hydrogen) atoms. The van der Waals surface area contributed by atoms with Crippen molar-refractivity contribution in [3.05, 3.63) is 88.7 Å². The lowest BCUT2D eigenvalue weighted by Crippen LogP contribution is -2.15. The number of para-hydroxylation sites is 1. The maximum absolute atomic E-state index is 13.2. The van der Waals surface area contributed by atoms with Gasteiger partial charge in [-0.15, -0.1) is 5.10 Å².